The van der Waals surface area contributed by atoms with Gasteiger partial charge in [-0.3, -0.25) is 9.36 Å². The van der Waals surface area contributed by atoms with E-state index in [1.807, 2.05) is 28.8 Å². The van der Waals surface area contributed by atoms with Crippen LogP contribution < -0.4 is 10.5 Å². The Labute approximate surface area is 155 Å². The fourth-order valence-corrected chi connectivity index (χ4v) is 2.78. The lowest BCUT2D eigenvalue weighted by Crippen LogP contribution is -2.15. The van der Waals surface area contributed by atoms with Crippen LogP contribution in [0.2, 0.25) is 0 Å². The molecule has 144 valence electrons. The van der Waals surface area contributed by atoms with Crippen molar-refractivity contribution in [3.8, 4) is 11.4 Å². The fraction of sp³-hybridized carbons (Fsp3) is 0.438. The van der Waals surface area contributed by atoms with Crippen LogP contribution in [0.5, 0.6) is 5.75 Å². The van der Waals surface area contributed by atoms with Crippen LogP contribution in [0.4, 0.5) is 0 Å². The molecule has 1 aromatic heterocycles. The predicted octanol–water partition coefficient (Wildman–Crippen LogP) is 0.313. The maximum atomic E-state index is 9.49. The number of carboxylic acids is 1. The van der Waals surface area contributed by atoms with E-state index < -0.39 is 12.1 Å². The molecule has 1 heterocycles. The van der Waals surface area contributed by atoms with Crippen molar-refractivity contribution in [3.05, 3.63) is 30.1 Å². The lowest BCUT2D eigenvalue weighted by atomic mass is 10.3. The van der Waals surface area contributed by atoms with Crippen molar-refractivity contribution in [1.82, 2.24) is 14.8 Å². The molecule has 1 aromatic carbocycles. The molecule has 5 N–H and O–H groups in total. The summed E-state index contributed by atoms with van der Waals surface area (Å²) in [6.07, 6.45) is -0.189. The van der Waals surface area contributed by atoms with Gasteiger partial charge in [-0.2, -0.15) is 0 Å². The Balaban J connectivity index is 0.000000765. The molecule has 0 saturated heterocycles. The Kier molecular flexibility index (Phi) is 9.66. The number of carboxylic acid groups (broad SMARTS) is 1. The third-order valence-corrected chi connectivity index (χ3v) is 4.09. The molecule has 1 atom stereocenters. The summed E-state index contributed by atoms with van der Waals surface area (Å²) in [7, 11) is 1.62. The maximum Gasteiger partial charge on any atom is 0.300 e. The van der Waals surface area contributed by atoms with Gasteiger partial charge in [-0.15, -0.1) is 10.2 Å². The van der Waals surface area contributed by atoms with Gasteiger partial charge >= 0.3 is 0 Å². The van der Waals surface area contributed by atoms with Crippen LogP contribution in [0.25, 0.3) is 5.69 Å². The normalized spacial score (nSPS) is 11.4. The molecule has 0 bridgehead atoms. The van der Waals surface area contributed by atoms with Gasteiger partial charge in [-0.05, 0) is 30.8 Å². The Morgan fingerprint density at radius 2 is 1.96 bits per heavy atom. The highest BCUT2D eigenvalue weighted by Gasteiger charge is 2.15. The number of thioether (sulfide) groups is 1. The molecule has 10 heteroatoms. The maximum absolute atomic E-state index is 9.49. The largest absolute Gasteiger partial charge is 0.497 e. The zero-order chi connectivity index (χ0) is 19.5. The van der Waals surface area contributed by atoms with Crippen LogP contribution in [0, 0.1) is 0 Å². The molecule has 9 nitrogen and oxygen atoms in total. The standard InChI is InChI=1S/C14H20N4O3S.C2H4O2/c1-21-12-4-2-10(3-5-12)18-13(6-7-15)16-17-14(18)22-9-11(20)8-19;1-2(3)4/h2-5,11,19-20H,6-9,15H2,1H3;1H3,(H,3,4)/t11-;/m1./s1. The van der Waals surface area contributed by atoms with Crippen LogP contribution >= 0.6 is 11.8 Å². The van der Waals surface area contributed by atoms with E-state index >= 15 is 0 Å². The van der Waals surface area contributed by atoms with E-state index in [-0.39, 0.29) is 6.61 Å². The minimum Gasteiger partial charge on any atom is -0.497 e. The van der Waals surface area contributed by atoms with Crippen LogP contribution in [0.1, 0.15) is 12.7 Å². The predicted molar refractivity (Wildman–Crippen MR) is 97.8 cm³/mol. The van der Waals surface area contributed by atoms with Crippen molar-refractivity contribution in [2.45, 2.75) is 24.6 Å². The first-order chi connectivity index (χ1) is 12.4. The number of carbonyl (C=O) groups is 1. The van der Waals surface area contributed by atoms with E-state index in [9.17, 15) is 5.11 Å². The van der Waals surface area contributed by atoms with Crippen molar-refractivity contribution >= 4 is 17.7 Å². The minimum absolute atomic E-state index is 0.278. The molecule has 0 saturated carbocycles. The molecular formula is C16H24N4O5S. The number of aromatic nitrogens is 3. The van der Waals surface area contributed by atoms with Gasteiger partial charge in [-0.25, -0.2) is 0 Å². The number of hydrogen-bond acceptors (Lipinski definition) is 8. The van der Waals surface area contributed by atoms with Crippen molar-refractivity contribution < 1.29 is 24.9 Å². The summed E-state index contributed by atoms with van der Waals surface area (Å²) in [6.45, 7) is 1.28. The zero-order valence-corrected chi connectivity index (χ0v) is 15.5. The molecule has 26 heavy (non-hydrogen) atoms. The number of nitrogens with zero attached hydrogens (tertiary/aromatic N) is 3. The first-order valence-electron chi connectivity index (χ1n) is 7.83. The highest BCUT2D eigenvalue weighted by Crippen LogP contribution is 2.24. The van der Waals surface area contributed by atoms with Crippen LogP contribution in [0.3, 0.4) is 0 Å². The number of hydrogen-bond donors (Lipinski definition) is 4. The van der Waals surface area contributed by atoms with E-state index in [4.69, 9.17) is 25.5 Å². The first kappa shape index (κ1) is 21.9. The van der Waals surface area contributed by atoms with Crippen LogP contribution in [0.15, 0.2) is 29.4 Å². The monoisotopic (exact) mass is 384 g/mol. The van der Waals surface area contributed by atoms with E-state index in [1.165, 1.54) is 11.8 Å². The van der Waals surface area contributed by atoms with Crippen molar-refractivity contribution in [3.63, 3.8) is 0 Å². The SMILES string of the molecule is CC(=O)O.COc1ccc(-n2c(CCN)nnc2SC[C@H](O)CO)cc1. The first-order valence-corrected chi connectivity index (χ1v) is 8.81. The molecular weight excluding hydrogens is 360 g/mol. The molecule has 0 spiro atoms. The summed E-state index contributed by atoms with van der Waals surface area (Å²) >= 11 is 1.34. The minimum atomic E-state index is -0.833. The molecule has 0 aliphatic rings. The van der Waals surface area contributed by atoms with Gasteiger partial charge in [0.15, 0.2) is 5.16 Å². The van der Waals surface area contributed by atoms with E-state index in [0.717, 1.165) is 24.2 Å². The number of nitrogens with two attached hydrogens (primary N) is 1. The van der Waals surface area contributed by atoms with Crippen molar-refractivity contribution in [2.24, 2.45) is 5.73 Å². The lowest BCUT2D eigenvalue weighted by molar-refractivity contribution is -0.134. The van der Waals surface area contributed by atoms with Gasteiger partial charge in [0.2, 0.25) is 0 Å². The Bertz CT molecular complexity index is 674. The van der Waals surface area contributed by atoms with Gasteiger partial charge in [-0.1, -0.05) is 11.8 Å². The van der Waals surface area contributed by atoms with Gasteiger partial charge in [0.1, 0.15) is 11.6 Å². The van der Waals surface area contributed by atoms with Crippen molar-refractivity contribution in [2.75, 3.05) is 26.0 Å². The second-order valence-electron chi connectivity index (χ2n) is 5.14. The summed E-state index contributed by atoms with van der Waals surface area (Å²) in [6, 6.07) is 7.54. The number of aliphatic hydroxyl groups excluding tert-OH is 2. The highest BCUT2D eigenvalue weighted by molar-refractivity contribution is 7.99. The molecule has 0 aliphatic carbocycles. The molecule has 2 rings (SSSR count). The molecule has 0 fully saturated rings. The van der Waals surface area contributed by atoms with E-state index in [2.05, 4.69) is 10.2 Å². The molecule has 0 unspecified atom stereocenters. The topological polar surface area (TPSA) is 144 Å². The third-order valence-electron chi connectivity index (χ3n) is 3.01. The fourth-order valence-electron chi connectivity index (χ4n) is 1.90. The third kappa shape index (κ3) is 7.00. The van der Waals surface area contributed by atoms with Gasteiger partial charge < -0.3 is 25.8 Å². The van der Waals surface area contributed by atoms with Gasteiger partial charge in [0.05, 0.1) is 19.8 Å². The van der Waals surface area contributed by atoms with E-state index in [1.54, 1.807) is 7.11 Å². The summed E-state index contributed by atoms with van der Waals surface area (Å²) in [5.74, 6) is 1.03. The summed E-state index contributed by atoms with van der Waals surface area (Å²) in [5, 5.41) is 34.8. The number of aliphatic hydroxyl groups is 2. The number of aliphatic carboxylic acids is 1. The van der Waals surface area contributed by atoms with E-state index in [0.29, 0.717) is 23.9 Å². The molecule has 0 radical (unpaired) electrons. The average Bonchev–Trinajstić information content (AvgIpc) is 3.02. The second-order valence-corrected chi connectivity index (χ2v) is 6.12. The zero-order valence-electron chi connectivity index (χ0n) is 14.7. The molecule has 2 aromatic rings. The molecule has 0 amide bonds. The van der Waals surface area contributed by atoms with Crippen LogP contribution in [-0.4, -0.2) is 68.2 Å². The number of benzene rings is 1. The number of ether oxygens (including phenoxy) is 1. The average molecular weight is 384 g/mol. The lowest BCUT2D eigenvalue weighted by Gasteiger charge is -2.11. The summed E-state index contributed by atoms with van der Waals surface area (Å²) in [5.41, 5.74) is 6.52. The second kappa shape index (κ2) is 11.5. The van der Waals surface area contributed by atoms with Gasteiger partial charge in [0, 0.05) is 24.8 Å². The Hall–Kier alpha value is -2.14. The van der Waals surface area contributed by atoms with Gasteiger partial charge in [0.25, 0.3) is 5.97 Å². The Morgan fingerprint density at radius 3 is 2.46 bits per heavy atom. The molecule has 0 aliphatic heterocycles. The van der Waals surface area contributed by atoms with Crippen LogP contribution in [-0.2, 0) is 11.2 Å². The number of methoxy groups -OCH3 is 1. The van der Waals surface area contributed by atoms with Crippen molar-refractivity contribution in [1.29, 1.82) is 0 Å². The Morgan fingerprint density at radius 1 is 1.35 bits per heavy atom. The quantitative estimate of drug-likeness (QED) is 0.473. The smallest absolute Gasteiger partial charge is 0.300 e. The summed E-state index contributed by atoms with van der Waals surface area (Å²) in [4.78, 5) is 9.00. The highest BCUT2D eigenvalue weighted by atomic mass is 32.2. The number of rotatable bonds is 8. The summed E-state index contributed by atoms with van der Waals surface area (Å²) < 4.78 is 7.07.